The van der Waals surface area contributed by atoms with E-state index in [-0.39, 0.29) is 40.9 Å². The number of aromatic nitrogens is 2. The van der Waals surface area contributed by atoms with E-state index in [0.717, 1.165) is 22.3 Å². The third-order valence-electron chi connectivity index (χ3n) is 5.44. The van der Waals surface area contributed by atoms with Crippen molar-refractivity contribution >= 4 is 41.3 Å². The Balaban J connectivity index is 0.00000342. The van der Waals surface area contributed by atoms with Gasteiger partial charge in [-0.05, 0) is 18.1 Å². The number of nitrogens with zero attached hydrogens (tertiary/aromatic N) is 4. The van der Waals surface area contributed by atoms with Gasteiger partial charge in [-0.3, -0.25) is 19.4 Å². The molecular formula is C21H19N6NaO6S. The average Bonchev–Trinajstić information content (AvgIpc) is 2.81. The number of fused-ring (bicyclic) bond motifs is 1. The zero-order valence-electron chi connectivity index (χ0n) is 18.7. The molecule has 0 radical (unpaired) electrons. The molecule has 4 N–H and O–H groups in total. The number of β-lactam (4-membered cyclic amide) rings is 1. The Morgan fingerprint density at radius 1 is 1.31 bits per heavy atom. The minimum Gasteiger partial charge on any atom is -0.543 e. The summed E-state index contributed by atoms with van der Waals surface area (Å²) in [6.07, 6.45) is 2.19. The fourth-order valence-electron chi connectivity index (χ4n) is 3.92. The van der Waals surface area contributed by atoms with E-state index >= 15 is 0 Å². The maximum absolute atomic E-state index is 13.5. The summed E-state index contributed by atoms with van der Waals surface area (Å²) in [6.45, 7) is 1.60. The van der Waals surface area contributed by atoms with Crippen LogP contribution in [0.2, 0.25) is 0 Å². The van der Waals surface area contributed by atoms with Gasteiger partial charge in [0.2, 0.25) is 11.8 Å². The number of benzene rings is 1. The molecule has 0 saturated carbocycles. The maximum Gasteiger partial charge on any atom is 1.00 e. The quantitative estimate of drug-likeness (QED) is 0.262. The molecule has 1 saturated heterocycles. The molecule has 2 aliphatic rings. The van der Waals surface area contributed by atoms with Crippen molar-refractivity contribution in [2.45, 2.75) is 24.4 Å². The summed E-state index contributed by atoms with van der Waals surface area (Å²) in [5.74, 6) is -3.09. The molecule has 1 fully saturated rings. The molecule has 12 nitrogen and oxygen atoms in total. The Bertz CT molecular complexity index is 1210. The van der Waals surface area contributed by atoms with Crippen molar-refractivity contribution in [1.29, 1.82) is 0 Å². The van der Waals surface area contributed by atoms with Gasteiger partial charge in [-0.2, -0.15) is 0 Å². The molecule has 0 spiro atoms. The number of carbonyl (C=O) groups excluding carboxylic acids is 4. The topological polar surface area (TPSA) is 182 Å². The normalized spacial score (nSPS) is 19.6. The number of hydrogen-bond donors (Lipinski definition) is 3. The molecule has 0 aliphatic carbocycles. The van der Waals surface area contributed by atoms with Crippen LogP contribution in [0.15, 0.2) is 54.1 Å². The summed E-state index contributed by atoms with van der Waals surface area (Å²) in [5.41, 5.74) is 5.99. The van der Waals surface area contributed by atoms with E-state index in [4.69, 9.17) is 5.73 Å². The number of carboxylic acid groups (broad SMARTS) is 1. The third kappa shape index (κ3) is 4.85. The second kappa shape index (κ2) is 10.6. The fourth-order valence-corrected chi connectivity index (χ4v) is 5.21. The minimum atomic E-state index is -1.47. The second-order valence-electron chi connectivity index (χ2n) is 7.57. The molecule has 2 unspecified atom stereocenters. The van der Waals surface area contributed by atoms with Crippen molar-refractivity contribution in [3.63, 3.8) is 0 Å². The van der Waals surface area contributed by atoms with Crippen LogP contribution in [0.5, 0.6) is 5.88 Å². The van der Waals surface area contributed by atoms with Gasteiger partial charge in [0.1, 0.15) is 29.5 Å². The first-order valence-electron chi connectivity index (χ1n) is 10.0. The van der Waals surface area contributed by atoms with Crippen molar-refractivity contribution in [2.75, 3.05) is 10.7 Å². The second-order valence-corrected chi connectivity index (χ2v) is 8.67. The summed E-state index contributed by atoms with van der Waals surface area (Å²) in [6, 6.07) is 4.65. The maximum atomic E-state index is 13.5. The van der Waals surface area contributed by atoms with Gasteiger partial charge < -0.3 is 26.1 Å². The largest absolute Gasteiger partial charge is 1.00 e. The predicted molar refractivity (Wildman–Crippen MR) is 118 cm³/mol. The van der Waals surface area contributed by atoms with Gasteiger partial charge >= 0.3 is 35.6 Å². The number of thioether (sulfide) groups is 1. The Morgan fingerprint density at radius 2 is 2.00 bits per heavy atom. The van der Waals surface area contributed by atoms with E-state index in [2.05, 4.69) is 15.3 Å². The summed E-state index contributed by atoms with van der Waals surface area (Å²) < 4.78 is 0. The Morgan fingerprint density at radius 3 is 2.60 bits per heavy atom. The van der Waals surface area contributed by atoms with Crippen LogP contribution in [-0.2, 0) is 14.4 Å². The van der Waals surface area contributed by atoms with Gasteiger partial charge in [-0.1, -0.05) is 30.3 Å². The van der Waals surface area contributed by atoms with Crippen molar-refractivity contribution in [1.82, 2.24) is 20.2 Å². The SMILES string of the molecule is CC1=C(C(=O)[O-])N2C(=O)C(NC(=O)C(c3ccccc3)N(C(N)=O)c3cncnc3O)[C@@H]2SC1.[Na+]. The van der Waals surface area contributed by atoms with Crippen molar-refractivity contribution < 1.29 is 58.9 Å². The fraction of sp³-hybridized carbons (Fsp3) is 0.238. The first-order chi connectivity index (χ1) is 16.2. The van der Waals surface area contributed by atoms with Crippen molar-refractivity contribution in [3.05, 3.63) is 59.7 Å². The van der Waals surface area contributed by atoms with Crippen LogP contribution in [-0.4, -0.2) is 61.0 Å². The molecule has 35 heavy (non-hydrogen) atoms. The van der Waals surface area contributed by atoms with E-state index in [1.807, 2.05) is 0 Å². The van der Waals surface area contributed by atoms with Crippen LogP contribution in [0.4, 0.5) is 10.5 Å². The summed E-state index contributed by atoms with van der Waals surface area (Å²) in [5, 5.41) is 23.7. The Labute approximate surface area is 225 Å². The molecule has 14 heteroatoms. The number of rotatable bonds is 6. The van der Waals surface area contributed by atoms with Crippen LogP contribution < -0.4 is 50.6 Å². The van der Waals surface area contributed by atoms with Crippen LogP contribution in [0.1, 0.15) is 18.5 Å². The molecule has 3 heterocycles. The number of nitrogens with two attached hydrogens (primary N) is 1. The molecule has 3 atom stereocenters. The van der Waals surface area contributed by atoms with Gasteiger partial charge in [0.05, 0.1) is 17.9 Å². The molecule has 1 aromatic carbocycles. The molecule has 4 rings (SSSR count). The number of anilines is 1. The van der Waals surface area contributed by atoms with Gasteiger partial charge in [0.25, 0.3) is 5.91 Å². The van der Waals surface area contributed by atoms with Crippen molar-refractivity contribution in [3.8, 4) is 5.88 Å². The minimum absolute atomic E-state index is 0. The average molecular weight is 506 g/mol. The number of aromatic hydroxyl groups is 1. The van der Waals surface area contributed by atoms with Gasteiger partial charge in [0.15, 0.2) is 0 Å². The monoisotopic (exact) mass is 506 g/mol. The number of hydrogen-bond acceptors (Lipinski definition) is 9. The number of primary amides is 1. The number of urea groups is 1. The first kappa shape index (κ1) is 26.5. The molecule has 176 valence electrons. The standard InChI is InChI=1S/C21H20N6O6S.Na/c1-10-8-34-19-13(18(30)27(19)14(10)20(31)32)25-17(29)15(11-5-3-2-4-6-11)26(21(22)33)12-7-23-9-24-16(12)28;/h2-7,9,13,15,19H,8H2,1H3,(H2,22,33)(H,25,29)(H,31,32)(H,23,24,28);/q;+1/p-1/t13?,15?,19-;/m0./s1. The Hall–Kier alpha value is -3.13. The zero-order chi connectivity index (χ0) is 24.6. The number of carbonyl (C=O) groups is 4. The van der Waals surface area contributed by atoms with Crippen LogP contribution in [0.3, 0.4) is 0 Å². The van der Waals surface area contributed by atoms with E-state index in [1.54, 1.807) is 37.3 Å². The number of amides is 4. The van der Waals surface area contributed by atoms with Gasteiger partial charge in [-0.15, -0.1) is 11.8 Å². The number of aliphatic carboxylic acids is 1. The van der Waals surface area contributed by atoms with E-state index < -0.39 is 47.2 Å². The molecule has 4 amide bonds. The molecule has 0 bridgehead atoms. The third-order valence-corrected chi connectivity index (χ3v) is 6.87. The van der Waals surface area contributed by atoms with Crippen LogP contribution in [0.25, 0.3) is 0 Å². The zero-order valence-corrected chi connectivity index (χ0v) is 21.6. The van der Waals surface area contributed by atoms with E-state index in [0.29, 0.717) is 16.9 Å². The number of nitrogens with one attached hydrogen (secondary N) is 1. The molecule has 2 aromatic rings. The summed E-state index contributed by atoms with van der Waals surface area (Å²) in [4.78, 5) is 59.5. The summed E-state index contributed by atoms with van der Waals surface area (Å²) >= 11 is 1.29. The Kier molecular flexibility index (Phi) is 8.05. The molecule has 2 aliphatic heterocycles. The molecular weight excluding hydrogens is 487 g/mol. The van der Waals surface area contributed by atoms with Crippen LogP contribution >= 0.6 is 11.8 Å². The van der Waals surface area contributed by atoms with Crippen LogP contribution in [0, 0.1) is 0 Å². The van der Waals surface area contributed by atoms with Crippen molar-refractivity contribution in [2.24, 2.45) is 5.73 Å². The first-order valence-corrected chi connectivity index (χ1v) is 11.1. The van der Waals surface area contributed by atoms with Gasteiger partial charge in [0, 0.05) is 5.75 Å². The smallest absolute Gasteiger partial charge is 0.543 e. The predicted octanol–water partition coefficient (Wildman–Crippen LogP) is -3.76. The number of carboxylic acids is 1. The van der Waals surface area contributed by atoms with E-state index in [9.17, 15) is 29.4 Å². The molecule has 1 aromatic heterocycles. The van der Waals surface area contributed by atoms with E-state index in [1.165, 1.54) is 11.8 Å². The summed E-state index contributed by atoms with van der Waals surface area (Å²) in [7, 11) is 0. The van der Waals surface area contributed by atoms with Gasteiger partial charge in [-0.25, -0.2) is 14.8 Å².